The van der Waals surface area contributed by atoms with Crippen molar-refractivity contribution in [2.45, 2.75) is 12.1 Å². The third-order valence-corrected chi connectivity index (χ3v) is 3.01. The largest absolute Gasteiger partial charge is 0.508 e. The van der Waals surface area contributed by atoms with Gasteiger partial charge in [0, 0.05) is 12.0 Å². The highest BCUT2D eigenvalue weighted by atomic mass is 16.4. The predicted octanol–water partition coefficient (Wildman–Crippen LogP) is 1.94. The zero-order valence-corrected chi connectivity index (χ0v) is 11.2. The number of carbonyl (C=O) groups is 1. The molecule has 1 atom stereocenters. The number of rotatable bonds is 5. The van der Waals surface area contributed by atoms with Crippen molar-refractivity contribution in [3.8, 4) is 5.75 Å². The Labute approximate surface area is 121 Å². The van der Waals surface area contributed by atoms with Crippen LogP contribution in [0.1, 0.15) is 11.1 Å². The number of nitrogens with zero attached hydrogens (tertiary/aromatic N) is 1. The van der Waals surface area contributed by atoms with Crippen LogP contribution in [0, 0.1) is 0 Å². The molecule has 0 aliphatic heterocycles. The molecule has 0 heterocycles. The van der Waals surface area contributed by atoms with Gasteiger partial charge in [0.05, 0.1) is 0 Å². The van der Waals surface area contributed by atoms with E-state index in [0.29, 0.717) is 11.8 Å². The van der Waals surface area contributed by atoms with E-state index in [1.54, 1.807) is 0 Å². The molecule has 0 saturated heterocycles. The van der Waals surface area contributed by atoms with Crippen LogP contribution in [0.15, 0.2) is 59.6 Å². The molecule has 5 heteroatoms. The Kier molecular flexibility index (Phi) is 4.35. The fourth-order valence-electron chi connectivity index (χ4n) is 1.99. The second-order valence-electron chi connectivity index (χ2n) is 4.62. The number of phenolic OH excluding ortho intramolecular Hbond substituents is 1. The lowest BCUT2D eigenvalue weighted by Crippen LogP contribution is -2.27. The van der Waals surface area contributed by atoms with Crippen LogP contribution in [-0.4, -0.2) is 27.5 Å². The monoisotopic (exact) mass is 285 g/mol. The highest BCUT2D eigenvalue weighted by molar-refractivity contribution is 6.22. The van der Waals surface area contributed by atoms with Crippen LogP contribution >= 0.6 is 0 Å². The number of hydrogen-bond donors (Lipinski definition) is 3. The van der Waals surface area contributed by atoms with E-state index in [1.165, 1.54) is 24.3 Å². The maximum atomic E-state index is 10.7. The van der Waals surface area contributed by atoms with E-state index in [2.05, 4.69) is 4.99 Å². The molecule has 0 fully saturated rings. The van der Waals surface area contributed by atoms with Crippen LogP contribution in [0.5, 0.6) is 5.75 Å². The van der Waals surface area contributed by atoms with E-state index in [-0.39, 0.29) is 12.2 Å². The number of aromatic hydroxyl groups is 1. The van der Waals surface area contributed by atoms with Crippen molar-refractivity contribution in [3.63, 3.8) is 0 Å². The lowest BCUT2D eigenvalue weighted by molar-refractivity contribution is -0.129. The van der Waals surface area contributed by atoms with Gasteiger partial charge >= 0.3 is 5.97 Å². The maximum Gasteiger partial charge on any atom is 0.346 e. The average molecular weight is 285 g/mol. The number of hydrogen-bond acceptors (Lipinski definition) is 4. The van der Waals surface area contributed by atoms with E-state index in [0.717, 1.165) is 5.56 Å². The zero-order chi connectivity index (χ0) is 15.3. The molecule has 0 saturated carbocycles. The maximum absolute atomic E-state index is 10.7. The van der Waals surface area contributed by atoms with Crippen molar-refractivity contribution in [3.05, 3.63) is 65.7 Å². The van der Waals surface area contributed by atoms with Crippen molar-refractivity contribution in [2.75, 3.05) is 0 Å². The van der Waals surface area contributed by atoms with E-state index in [1.807, 2.05) is 30.3 Å². The molecule has 5 nitrogen and oxygen atoms in total. The third-order valence-electron chi connectivity index (χ3n) is 3.01. The number of carboxylic acid groups (broad SMARTS) is 1. The summed E-state index contributed by atoms with van der Waals surface area (Å²) in [5.41, 5.74) is -0.481. The smallest absolute Gasteiger partial charge is 0.346 e. The summed E-state index contributed by atoms with van der Waals surface area (Å²) in [5, 5.41) is 28.8. The van der Waals surface area contributed by atoms with E-state index >= 15 is 0 Å². The predicted molar refractivity (Wildman–Crippen MR) is 78.3 cm³/mol. The minimum absolute atomic E-state index is 0.0584. The number of aliphatic hydroxyl groups is 1. The van der Waals surface area contributed by atoms with Crippen LogP contribution in [0.4, 0.5) is 0 Å². The van der Waals surface area contributed by atoms with E-state index in [4.69, 9.17) is 5.11 Å². The van der Waals surface area contributed by atoms with Gasteiger partial charge in [-0.05, 0) is 17.7 Å². The number of aliphatic carboxylic acids is 1. The van der Waals surface area contributed by atoms with Gasteiger partial charge in [0.2, 0.25) is 0 Å². The van der Waals surface area contributed by atoms with Gasteiger partial charge in [-0.25, -0.2) is 9.79 Å². The highest BCUT2D eigenvalue weighted by Gasteiger charge is 2.28. The summed E-state index contributed by atoms with van der Waals surface area (Å²) >= 11 is 0. The first-order chi connectivity index (χ1) is 9.99. The quantitative estimate of drug-likeness (QED) is 0.732. The van der Waals surface area contributed by atoms with Gasteiger partial charge < -0.3 is 15.3 Å². The summed E-state index contributed by atoms with van der Waals surface area (Å²) in [5.74, 6) is -1.18. The molecule has 0 aliphatic rings. The van der Waals surface area contributed by atoms with E-state index in [9.17, 15) is 15.0 Å². The van der Waals surface area contributed by atoms with Crippen molar-refractivity contribution in [2.24, 2.45) is 4.99 Å². The van der Waals surface area contributed by atoms with Crippen LogP contribution in [0.25, 0.3) is 0 Å². The van der Waals surface area contributed by atoms with Crippen molar-refractivity contribution in [1.82, 2.24) is 0 Å². The van der Waals surface area contributed by atoms with Crippen LogP contribution < -0.4 is 0 Å². The van der Waals surface area contributed by atoms with Gasteiger partial charge in [-0.3, -0.25) is 0 Å². The first-order valence-electron chi connectivity index (χ1n) is 6.33. The molecule has 2 aromatic rings. The SMILES string of the molecule is O=C(O)C=NC(O)(Cc1ccccc1)c1ccc(O)cc1. The molecule has 2 aromatic carbocycles. The second-order valence-corrected chi connectivity index (χ2v) is 4.62. The Morgan fingerprint density at radius 2 is 1.71 bits per heavy atom. The Bertz CT molecular complexity index is 637. The molecule has 108 valence electrons. The first-order valence-corrected chi connectivity index (χ1v) is 6.33. The molecule has 0 aromatic heterocycles. The van der Waals surface area contributed by atoms with Crippen LogP contribution in [0.2, 0.25) is 0 Å². The van der Waals surface area contributed by atoms with Gasteiger partial charge in [-0.15, -0.1) is 0 Å². The Hall–Kier alpha value is -2.66. The molecule has 3 N–H and O–H groups in total. The molecule has 1 unspecified atom stereocenters. The molecule has 0 spiro atoms. The molecule has 0 bridgehead atoms. The number of phenols is 1. The van der Waals surface area contributed by atoms with Crippen molar-refractivity contribution < 1.29 is 20.1 Å². The zero-order valence-electron chi connectivity index (χ0n) is 11.2. The standard InChI is InChI=1S/C16H15NO4/c18-14-8-6-13(7-9-14)16(21,17-11-15(19)20)10-12-4-2-1-3-5-12/h1-9,11,18,21H,10H2,(H,19,20). The summed E-state index contributed by atoms with van der Waals surface area (Å²) in [6, 6.07) is 15.0. The van der Waals surface area contributed by atoms with Gasteiger partial charge in [0.25, 0.3) is 0 Å². The van der Waals surface area contributed by atoms with Crippen molar-refractivity contribution in [1.29, 1.82) is 0 Å². The van der Waals surface area contributed by atoms with Gasteiger partial charge in [0.1, 0.15) is 12.0 Å². The van der Waals surface area contributed by atoms with Crippen molar-refractivity contribution >= 4 is 12.2 Å². The number of carboxylic acids is 1. The first kappa shape index (κ1) is 14.7. The molecular formula is C16H15NO4. The lowest BCUT2D eigenvalue weighted by atomic mass is 9.95. The highest BCUT2D eigenvalue weighted by Crippen LogP contribution is 2.28. The summed E-state index contributed by atoms with van der Waals surface area (Å²) in [4.78, 5) is 14.5. The minimum Gasteiger partial charge on any atom is -0.508 e. The average Bonchev–Trinajstić information content (AvgIpc) is 2.47. The molecule has 0 amide bonds. The number of aliphatic imine (C=N–C) groups is 1. The Morgan fingerprint density at radius 3 is 2.29 bits per heavy atom. The Balaban J connectivity index is 2.38. The molecule has 21 heavy (non-hydrogen) atoms. The molecule has 0 aliphatic carbocycles. The lowest BCUT2D eigenvalue weighted by Gasteiger charge is -2.24. The van der Waals surface area contributed by atoms with Gasteiger partial charge in [-0.2, -0.15) is 0 Å². The molecular weight excluding hydrogens is 270 g/mol. The van der Waals surface area contributed by atoms with E-state index < -0.39 is 11.7 Å². The Morgan fingerprint density at radius 1 is 1.10 bits per heavy atom. The van der Waals surface area contributed by atoms with Crippen LogP contribution in [0.3, 0.4) is 0 Å². The fourth-order valence-corrected chi connectivity index (χ4v) is 1.99. The van der Waals surface area contributed by atoms with Gasteiger partial charge in [0.15, 0.2) is 5.72 Å². The molecule has 2 rings (SSSR count). The summed E-state index contributed by atoms with van der Waals surface area (Å²) in [7, 11) is 0. The summed E-state index contributed by atoms with van der Waals surface area (Å²) in [6.07, 6.45) is 0.804. The fraction of sp³-hybridized carbons (Fsp3) is 0.125. The van der Waals surface area contributed by atoms with Crippen LogP contribution in [-0.2, 0) is 16.9 Å². The minimum atomic E-state index is -1.70. The van der Waals surface area contributed by atoms with Gasteiger partial charge in [-0.1, -0.05) is 42.5 Å². The molecule has 0 radical (unpaired) electrons. The topological polar surface area (TPSA) is 90.1 Å². The summed E-state index contributed by atoms with van der Waals surface area (Å²) < 4.78 is 0. The second kappa shape index (κ2) is 6.19. The normalized spacial score (nSPS) is 14.0. The summed E-state index contributed by atoms with van der Waals surface area (Å²) in [6.45, 7) is 0. The number of benzene rings is 2. The third kappa shape index (κ3) is 3.90.